The normalized spacial score (nSPS) is 11.5. The Labute approximate surface area is 127 Å². The molecule has 1 unspecified atom stereocenters. The van der Waals surface area contributed by atoms with E-state index >= 15 is 0 Å². The lowest BCUT2D eigenvalue weighted by atomic mass is 10.0. The topological polar surface area (TPSA) is 88.5 Å². The van der Waals surface area contributed by atoms with Crippen molar-refractivity contribution in [2.24, 2.45) is 0 Å². The third-order valence-corrected chi connectivity index (χ3v) is 3.14. The Morgan fingerprint density at radius 1 is 1.18 bits per heavy atom. The molecule has 1 aromatic heterocycles. The highest BCUT2D eigenvalue weighted by Gasteiger charge is 2.19. The number of methoxy groups -OCH3 is 1. The van der Waals surface area contributed by atoms with Gasteiger partial charge in [0.15, 0.2) is 0 Å². The van der Waals surface area contributed by atoms with Gasteiger partial charge >= 0.3 is 5.97 Å². The number of amides is 1. The van der Waals surface area contributed by atoms with Gasteiger partial charge in [-0.3, -0.25) is 14.6 Å². The number of ether oxygens (including phenoxy) is 1. The second-order valence-corrected chi connectivity index (χ2v) is 4.63. The second-order valence-electron chi connectivity index (χ2n) is 4.63. The Kier molecular flexibility index (Phi) is 5.08. The van der Waals surface area contributed by atoms with Crippen molar-refractivity contribution in [1.29, 1.82) is 0 Å². The number of carbonyl (C=O) groups is 2. The highest BCUT2D eigenvalue weighted by molar-refractivity contribution is 5.94. The average Bonchev–Trinajstić information content (AvgIpc) is 2.54. The van der Waals surface area contributed by atoms with E-state index in [-0.39, 0.29) is 12.3 Å². The molecule has 2 aromatic rings. The standard InChI is InChI=1S/C16H16N2O4/c1-22-13-4-2-11(3-5-13)14(10-15(19)20)18-16(21)12-6-8-17-9-7-12/h2-9,14H,10H2,1H3,(H,18,21)(H,19,20). The summed E-state index contributed by atoms with van der Waals surface area (Å²) in [6.45, 7) is 0. The van der Waals surface area contributed by atoms with E-state index in [0.29, 0.717) is 16.9 Å². The lowest BCUT2D eigenvalue weighted by Gasteiger charge is -2.18. The summed E-state index contributed by atoms with van der Waals surface area (Å²) < 4.78 is 5.07. The Morgan fingerprint density at radius 2 is 1.82 bits per heavy atom. The minimum absolute atomic E-state index is 0.205. The average molecular weight is 300 g/mol. The maximum atomic E-state index is 12.2. The summed E-state index contributed by atoms with van der Waals surface area (Å²) >= 11 is 0. The molecule has 22 heavy (non-hydrogen) atoms. The van der Waals surface area contributed by atoms with Gasteiger partial charge in [-0.25, -0.2) is 0 Å². The molecule has 0 saturated heterocycles. The van der Waals surface area contributed by atoms with Crippen LogP contribution in [-0.2, 0) is 4.79 Å². The van der Waals surface area contributed by atoms with Crippen LogP contribution in [0.3, 0.4) is 0 Å². The predicted octanol–water partition coefficient (Wildman–Crippen LogP) is 2.04. The first-order valence-electron chi connectivity index (χ1n) is 6.67. The summed E-state index contributed by atoms with van der Waals surface area (Å²) in [6.07, 6.45) is 2.81. The molecule has 0 radical (unpaired) electrons. The van der Waals surface area contributed by atoms with E-state index in [4.69, 9.17) is 9.84 Å². The van der Waals surface area contributed by atoms with Crippen molar-refractivity contribution < 1.29 is 19.4 Å². The van der Waals surface area contributed by atoms with Crippen molar-refractivity contribution in [3.63, 3.8) is 0 Å². The molecule has 6 nitrogen and oxygen atoms in total. The van der Waals surface area contributed by atoms with Crippen LogP contribution in [0.5, 0.6) is 5.75 Å². The molecule has 0 fully saturated rings. The highest BCUT2D eigenvalue weighted by atomic mass is 16.5. The van der Waals surface area contributed by atoms with Crippen LogP contribution in [0.15, 0.2) is 48.8 Å². The largest absolute Gasteiger partial charge is 0.497 e. The predicted molar refractivity (Wildman–Crippen MR) is 79.7 cm³/mol. The maximum Gasteiger partial charge on any atom is 0.305 e. The van der Waals surface area contributed by atoms with E-state index < -0.39 is 12.0 Å². The molecule has 6 heteroatoms. The van der Waals surface area contributed by atoms with Crippen LogP contribution in [0.2, 0.25) is 0 Å². The summed E-state index contributed by atoms with van der Waals surface area (Å²) in [5.41, 5.74) is 1.13. The minimum atomic E-state index is -0.990. The van der Waals surface area contributed by atoms with E-state index in [1.807, 2.05) is 0 Å². The molecule has 0 aliphatic carbocycles. The van der Waals surface area contributed by atoms with Crippen molar-refractivity contribution in [2.45, 2.75) is 12.5 Å². The first-order valence-corrected chi connectivity index (χ1v) is 6.67. The smallest absolute Gasteiger partial charge is 0.305 e. The van der Waals surface area contributed by atoms with Crippen LogP contribution in [-0.4, -0.2) is 29.1 Å². The molecule has 1 heterocycles. The maximum absolute atomic E-state index is 12.2. The third-order valence-electron chi connectivity index (χ3n) is 3.14. The van der Waals surface area contributed by atoms with Crippen molar-refractivity contribution in [3.8, 4) is 5.75 Å². The van der Waals surface area contributed by atoms with Crippen LogP contribution in [0.1, 0.15) is 28.4 Å². The molecular weight excluding hydrogens is 284 g/mol. The fraction of sp³-hybridized carbons (Fsp3) is 0.188. The van der Waals surface area contributed by atoms with Crippen molar-refractivity contribution in [2.75, 3.05) is 7.11 Å². The lowest BCUT2D eigenvalue weighted by Crippen LogP contribution is -2.30. The van der Waals surface area contributed by atoms with Crippen molar-refractivity contribution >= 4 is 11.9 Å². The Bertz CT molecular complexity index is 641. The quantitative estimate of drug-likeness (QED) is 0.852. The number of benzene rings is 1. The summed E-state index contributed by atoms with van der Waals surface area (Å²) in [5, 5.41) is 11.8. The summed E-state index contributed by atoms with van der Waals surface area (Å²) in [7, 11) is 1.55. The SMILES string of the molecule is COc1ccc(C(CC(=O)O)NC(=O)c2ccncc2)cc1. The highest BCUT2D eigenvalue weighted by Crippen LogP contribution is 2.21. The van der Waals surface area contributed by atoms with E-state index in [9.17, 15) is 9.59 Å². The number of carboxylic acid groups (broad SMARTS) is 1. The van der Waals surface area contributed by atoms with Gasteiger partial charge in [-0.15, -0.1) is 0 Å². The number of nitrogens with zero attached hydrogens (tertiary/aromatic N) is 1. The molecule has 0 bridgehead atoms. The molecule has 0 spiro atoms. The second kappa shape index (κ2) is 7.21. The number of carboxylic acids is 1. The molecule has 1 aromatic carbocycles. The van der Waals surface area contributed by atoms with Gasteiger partial charge in [-0.2, -0.15) is 0 Å². The van der Waals surface area contributed by atoms with Crippen molar-refractivity contribution in [1.82, 2.24) is 10.3 Å². The number of hydrogen-bond donors (Lipinski definition) is 2. The van der Waals surface area contributed by atoms with E-state index in [0.717, 1.165) is 0 Å². The molecule has 2 N–H and O–H groups in total. The fourth-order valence-electron chi connectivity index (χ4n) is 2.01. The third kappa shape index (κ3) is 4.05. The van der Waals surface area contributed by atoms with Crippen LogP contribution in [0, 0.1) is 0 Å². The first-order chi connectivity index (χ1) is 10.6. The Morgan fingerprint density at radius 3 is 2.36 bits per heavy atom. The zero-order valence-corrected chi connectivity index (χ0v) is 12.0. The molecule has 2 rings (SSSR count). The first kappa shape index (κ1) is 15.5. The number of pyridine rings is 1. The van der Waals surface area contributed by atoms with E-state index in [1.54, 1.807) is 43.5 Å². The molecule has 1 amide bonds. The number of hydrogen-bond acceptors (Lipinski definition) is 4. The molecule has 0 saturated carbocycles. The molecule has 0 aliphatic rings. The van der Waals surface area contributed by atoms with Crippen LogP contribution in [0.4, 0.5) is 0 Å². The van der Waals surface area contributed by atoms with E-state index in [2.05, 4.69) is 10.3 Å². The number of nitrogens with one attached hydrogen (secondary N) is 1. The molecule has 1 atom stereocenters. The molecule has 0 aliphatic heterocycles. The van der Waals surface area contributed by atoms with Gasteiger partial charge in [0.2, 0.25) is 0 Å². The van der Waals surface area contributed by atoms with Crippen LogP contribution in [0.25, 0.3) is 0 Å². The van der Waals surface area contributed by atoms with E-state index in [1.165, 1.54) is 12.4 Å². The molecule has 114 valence electrons. The summed E-state index contributed by atoms with van der Waals surface area (Å²) in [5.74, 6) is -0.668. The number of aliphatic carboxylic acids is 1. The number of aromatic nitrogens is 1. The number of carbonyl (C=O) groups excluding carboxylic acids is 1. The minimum Gasteiger partial charge on any atom is -0.497 e. The van der Waals surface area contributed by atoms with Gasteiger partial charge in [0.1, 0.15) is 5.75 Å². The van der Waals surface area contributed by atoms with Gasteiger partial charge < -0.3 is 15.2 Å². The van der Waals surface area contributed by atoms with Crippen LogP contribution >= 0.6 is 0 Å². The number of rotatable bonds is 6. The zero-order valence-electron chi connectivity index (χ0n) is 12.0. The van der Waals surface area contributed by atoms with Gasteiger partial charge in [0.25, 0.3) is 5.91 Å². The van der Waals surface area contributed by atoms with Crippen molar-refractivity contribution in [3.05, 3.63) is 59.9 Å². The summed E-state index contributed by atoms with van der Waals surface area (Å²) in [6, 6.07) is 9.44. The van der Waals surface area contributed by atoms with Gasteiger partial charge in [-0.05, 0) is 29.8 Å². The Hall–Kier alpha value is -2.89. The lowest BCUT2D eigenvalue weighted by molar-refractivity contribution is -0.137. The zero-order chi connectivity index (χ0) is 15.9. The fourth-order valence-corrected chi connectivity index (χ4v) is 2.01. The monoisotopic (exact) mass is 300 g/mol. The molecular formula is C16H16N2O4. The van der Waals surface area contributed by atoms with Gasteiger partial charge in [0.05, 0.1) is 19.6 Å². The van der Waals surface area contributed by atoms with Gasteiger partial charge in [-0.1, -0.05) is 12.1 Å². The summed E-state index contributed by atoms with van der Waals surface area (Å²) in [4.78, 5) is 27.1. The van der Waals surface area contributed by atoms with Gasteiger partial charge in [0, 0.05) is 18.0 Å². The Balaban J connectivity index is 2.18. The van der Waals surface area contributed by atoms with Crippen LogP contribution < -0.4 is 10.1 Å².